The van der Waals surface area contributed by atoms with Crippen LogP contribution in [0.4, 0.5) is 0 Å². The minimum atomic E-state index is -0.339. The van der Waals surface area contributed by atoms with Crippen LogP contribution in [0.2, 0.25) is 0 Å². The van der Waals surface area contributed by atoms with Crippen molar-refractivity contribution in [1.29, 1.82) is 5.26 Å². The third-order valence-electron chi connectivity index (χ3n) is 3.72. The first-order chi connectivity index (χ1) is 10.8. The van der Waals surface area contributed by atoms with Crippen LogP contribution in [0.15, 0.2) is 37.2 Å². The Bertz CT molecular complexity index is 702. The van der Waals surface area contributed by atoms with Crippen LogP contribution in [0.5, 0.6) is 0 Å². The van der Waals surface area contributed by atoms with Crippen molar-refractivity contribution in [1.82, 2.24) is 18.5 Å². The molecule has 8 heteroatoms. The molecule has 0 N–H and O–H groups in total. The number of nitrogens with zero attached hydrogens (tertiary/aromatic N) is 5. The van der Waals surface area contributed by atoms with Crippen molar-refractivity contribution < 1.29 is 21.1 Å². The number of hydrogen-bond donors (Lipinski definition) is 0. The van der Waals surface area contributed by atoms with Gasteiger partial charge in [-0.3, -0.25) is 0 Å². The zero-order valence-electron chi connectivity index (χ0n) is 15.1. The van der Waals surface area contributed by atoms with Gasteiger partial charge >= 0.3 is 21.1 Å². The quantitative estimate of drug-likeness (QED) is 0.360. The summed E-state index contributed by atoms with van der Waals surface area (Å²) in [5.74, 6) is 0. The Morgan fingerprint density at radius 2 is 1.29 bits per heavy atom. The maximum absolute atomic E-state index is 8.67. The predicted molar refractivity (Wildman–Crippen MR) is 104 cm³/mol. The summed E-state index contributed by atoms with van der Waals surface area (Å²) >= 11 is 0. The van der Waals surface area contributed by atoms with Crippen molar-refractivity contribution in [3.63, 3.8) is 0 Å². The molecule has 0 radical (unpaired) electrons. The minimum Gasteiger partial charge on any atom is -0.454 e. The molecule has 0 aromatic heterocycles. The second-order valence-corrected chi connectivity index (χ2v) is 12.5. The van der Waals surface area contributed by atoms with Crippen molar-refractivity contribution in [3.05, 3.63) is 37.2 Å². The van der Waals surface area contributed by atoms with E-state index in [1.165, 1.54) is 11.4 Å². The maximum Gasteiger partial charge on any atom is 2.00 e. The Morgan fingerprint density at radius 3 is 1.54 bits per heavy atom. The van der Waals surface area contributed by atoms with E-state index in [1.54, 1.807) is 0 Å². The van der Waals surface area contributed by atoms with Crippen LogP contribution in [-0.4, -0.2) is 50.6 Å². The third kappa shape index (κ3) is 4.86. The fourth-order valence-corrected chi connectivity index (χ4v) is 7.82. The van der Waals surface area contributed by atoms with E-state index in [9.17, 15) is 0 Å². The van der Waals surface area contributed by atoms with Crippen molar-refractivity contribution >= 4 is 15.8 Å². The van der Waals surface area contributed by atoms with Crippen LogP contribution in [0, 0.1) is 11.3 Å². The van der Waals surface area contributed by atoms with Gasteiger partial charge in [0.2, 0.25) is 5.40 Å². The SMILES string of the molecule is C[PH+](C)C(C#N)[PH+](C)C.Cn1cc2ccc3cn(C)[cH-]n-3n-2[cH-]1.[Pt+2]. The third-order valence-corrected chi connectivity index (χ3v) is 9.76. The number of aryl methyl sites for hydroxylation is 2. The monoisotopic (exact) mass is 546 g/mol. The molecule has 0 aliphatic carbocycles. The topological polar surface area (TPSA) is 43.5 Å². The normalized spacial score (nSPS) is 10.8. The zero-order valence-corrected chi connectivity index (χ0v) is 19.4. The molecule has 0 amide bonds. The van der Waals surface area contributed by atoms with E-state index >= 15 is 0 Å². The molecule has 0 fully saturated rings. The molecule has 0 aromatic carbocycles. The Hall–Kier alpha value is -0.802. The van der Waals surface area contributed by atoms with Gasteiger partial charge in [0, 0.05) is 0 Å². The summed E-state index contributed by atoms with van der Waals surface area (Å²) in [7, 11) is 3.38. The van der Waals surface area contributed by atoms with Crippen LogP contribution in [-0.2, 0) is 35.2 Å². The summed E-state index contributed by atoms with van der Waals surface area (Å²) in [6.45, 7) is 8.87. The number of aromatic nitrogens is 4. The summed E-state index contributed by atoms with van der Waals surface area (Å²) in [4.78, 5) is 0. The van der Waals surface area contributed by atoms with Gasteiger partial charge in [-0.05, 0) is 26.7 Å². The van der Waals surface area contributed by atoms with E-state index in [0.717, 1.165) is 0 Å². The number of rotatable bonds is 2. The summed E-state index contributed by atoms with van der Waals surface area (Å²) in [6, 6.07) is 6.63. The van der Waals surface area contributed by atoms with Gasteiger partial charge in [-0.1, -0.05) is 11.4 Å². The summed E-state index contributed by atoms with van der Waals surface area (Å²) in [6.07, 6.45) is 8.31. The molecule has 0 aromatic rings. The van der Waals surface area contributed by atoms with Gasteiger partial charge in [0.15, 0.2) is 0 Å². The average Bonchev–Trinajstić information content (AvgIpc) is 3.00. The summed E-state index contributed by atoms with van der Waals surface area (Å²) in [5, 5.41) is 9.10. The van der Waals surface area contributed by atoms with Gasteiger partial charge in [-0.25, -0.2) is 0 Å². The van der Waals surface area contributed by atoms with Crippen LogP contribution in [0.25, 0.3) is 11.4 Å². The molecule has 0 atom stereocenters. The summed E-state index contributed by atoms with van der Waals surface area (Å²) < 4.78 is 8.34. The maximum atomic E-state index is 8.67. The standard InChI is InChI=1S/C10H12N4.C6H13NP2.Pt/c1-11-5-9-3-4-10-6-12(2)8-14(10)13(9)7-11;1-8(2)6(5-7)9(3)4;/h3-8H,1-2H3;6H,1-4H3;/q-2;;+2/p+2. The molecule has 0 spiro atoms. The van der Waals surface area contributed by atoms with Gasteiger partial charge in [-0.2, -0.15) is 5.26 Å². The van der Waals surface area contributed by atoms with Crippen LogP contribution < -0.4 is 0 Å². The summed E-state index contributed by atoms with van der Waals surface area (Å²) in [5.41, 5.74) is 2.38. The van der Waals surface area contributed by atoms with E-state index < -0.39 is 0 Å². The Labute approximate surface area is 161 Å². The number of fused-ring (bicyclic) bond motifs is 3. The Balaban J connectivity index is 0.000000256. The molecule has 0 unspecified atom stereocenters. The van der Waals surface area contributed by atoms with Crippen molar-refractivity contribution in [2.45, 2.75) is 5.40 Å². The van der Waals surface area contributed by atoms with E-state index in [-0.39, 0.29) is 36.9 Å². The van der Waals surface area contributed by atoms with Gasteiger partial charge in [0.1, 0.15) is 6.07 Å². The Morgan fingerprint density at radius 1 is 0.917 bits per heavy atom. The second-order valence-electron chi connectivity index (χ2n) is 6.41. The van der Waals surface area contributed by atoms with E-state index in [2.05, 4.69) is 88.4 Å². The molecule has 24 heavy (non-hydrogen) atoms. The first-order valence-corrected chi connectivity index (χ1v) is 12.8. The molecule has 3 rings (SSSR count). The van der Waals surface area contributed by atoms with Gasteiger partial charge < -0.3 is 18.5 Å². The molecule has 0 saturated heterocycles. The molecule has 3 aliphatic rings. The van der Waals surface area contributed by atoms with E-state index in [4.69, 9.17) is 5.26 Å². The van der Waals surface area contributed by atoms with E-state index in [0.29, 0.717) is 5.40 Å². The first kappa shape index (κ1) is 21.2. The van der Waals surface area contributed by atoms with Gasteiger partial charge in [-0.15, -0.1) is 24.5 Å². The Kier molecular flexibility index (Phi) is 8.01. The largest absolute Gasteiger partial charge is 2.00 e. The van der Waals surface area contributed by atoms with Gasteiger partial charge in [0.25, 0.3) is 0 Å². The van der Waals surface area contributed by atoms with E-state index in [1.807, 2.05) is 14.1 Å². The second kappa shape index (κ2) is 9.05. The zero-order chi connectivity index (χ0) is 17.1. The van der Waals surface area contributed by atoms with Crippen molar-refractivity contribution in [3.8, 4) is 17.4 Å². The first-order valence-electron chi connectivity index (χ1n) is 7.67. The fourth-order valence-electron chi connectivity index (χ4n) is 2.69. The smallest absolute Gasteiger partial charge is 0.454 e. The molecule has 5 nitrogen and oxygen atoms in total. The fraction of sp³-hybridized carbons (Fsp3) is 0.438. The average molecular weight is 546 g/mol. The number of imidazole rings is 2. The van der Waals surface area contributed by atoms with Crippen molar-refractivity contribution in [2.24, 2.45) is 14.1 Å². The molecular formula is C16H27N5P2Pt+2. The molecule has 3 heterocycles. The molecule has 0 saturated carbocycles. The van der Waals surface area contributed by atoms with Crippen molar-refractivity contribution in [2.75, 3.05) is 26.7 Å². The molecular weight excluding hydrogens is 519 g/mol. The van der Waals surface area contributed by atoms with Crippen LogP contribution in [0.3, 0.4) is 0 Å². The van der Waals surface area contributed by atoms with Crippen LogP contribution in [0.1, 0.15) is 0 Å². The van der Waals surface area contributed by atoms with Gasteiger partial charge in [0.05, 0.1) is 42.5 Å². The predicted octanol–water partition coefficient (Wildman–Crippen LogP) is 3.16. The van der Waals surface area contributed by atoms with Crippen LogP contribution >= 0.6 is 15.8 Å². The minimum absolute atomic E-state index is 0. The molecule has 134 valence electrons. The molecule has 0 bridgehead atoms. The number of hydrogen-bond acceptors (Lipinski definition) is 1. The molecule has 3 aliphatic heterocycles. The number of nitriles is 1.